The van der Waals surface area contributed by atoms with Crippen molar-refractivity contribution in [2.45, 2.75) is 335 Å². The molecule has 0 aromatic carbocycles. The van der Waals surface area contributed by atoms with E-state index >= 15 is 0 Å². The smallest absolute Gasteiger partial charge is 0.306 e. The van der Waals surface area contributed by atoms with Gasteiger partial charge in [0.1, 0.15) is 13.2 Å². The molecule has 6 nitrogen and oxygen atoms in total. The van der Waals surface area contributed by atoms with E-state index in [2.05, 4.69) is 93.7 Å². The van der Waals surface area contributed by atoms with Gasteiger partial charge in [0, 0.05) is 19.3 Å². The van der Waals surface area contributed by atoms with Crippen LogP contribution in [0.3, 0.4) is 0 Å². The zero-order chi connectivity index (χ0) is 54.3. The average molecular weight is 1050 g/mol. The summed E-state index contributed by atoms with van der Waals surface area (Å²) in [4.78, 5) is 38.3. The third-order valence-corrected chi connectivity index (χ3v) is 14.2. The summed E-state index contributed by atoms with van der Waals surface area (Å²) in [5, 5.41) is 0. The monoisotopic (exact) mass is 1050 g/mol. The predicted molar refractivity (Wildman–Crippen MR) is 325 cm³/mol. The molecule has 1 unspecified atom stereocenters. The Hall–Kier alpha value is -3.15. The fourth-order valence-corrected chi connectivity index (χ4v) is 9.35. The number of unbranched alkanes of at least 4 members (excludes halogenated alkanes) is 36. The zero-order valence-corrected chi connectivity index (χ0v) is 49.8. The Labute approximate surface area is 465 Å². The molecule has 0 amide bonds. The number of carbonyl (C=O) groups excluding carboxylic acids is 3. The first-order chi connectivity index (χ1) is 37.0. The zero-order valence-electron chi connectivity index (χ0n) is 49.8. The van der Waals surface area contributed by atoms with Gasteiger partial charge in [0.2, 0.25) is 0 Å². The topological polar surface area (TPSA) is 78.9 Å². The van der Waals surface area contributed by atoms with Crippen molar-refractivity contribution in [2.24, 2.45) is 0 Å². The Kier molecular flexibility index (Phi) is 60.7. The number of rotatable bonds is 59. The van der Waals surface area contributed by atoms with Crippen molar-refractivity contribution in [3.05, 3.63) is 72.9 Å². The van der Waals surface area contributed by atoms with Crippen LogP contribution in [0.15, 0.2) is 72.9 Å². The SMILES string of the molecule is CC/C=C\C/C=C\C/C=C\C/C=C\CCCCCCC(=O)OC(COC(=O)CCCCCCCCCCCCC/C=C\C/C=C\CCCCCCC)COC(=O)CCCCCCCCCCCCCCCCCCC. The van der Waals surface area contributed by atoms with E-state index in [1.165, 1.54) is 186 Å². The highest BCUT2D eigenvalue weighted by atomic mass is 16.6. The third kappa shape index (κ3) is 61.6. The summed E-state index contributed by atoms with van der Waals surface area (Å²) in [5.41, 5.74) is 0. The number of ether oxygens (including phenoxy) is 3. The fourth-order valence-electron chi connectivity index (χ4n) is 9.35. The number of carbonyl (C=O) groups is 3. The quantitative estimate of drug-likeness (QED) is 0.0261. The van der Waals surface area contributed by atoms with Gasteiger partial charge in [-0.2, -0.15) is 0 Å². The second-order valence-corrected chi connectivity index (χ2v) is 21.6. The van der Waals surface area contributed by atoms with Gasteiger partial charge < -0.3 is 14.2 Å². The van der Waals surface area contributed by atoms with Gasteiger partial charge in [0.15, 0.2) is 6.10 Å². The highest BCUT2D eigenvalue weighted by Gasteiger charge is 2.19. The molecule has 0 fully saturated rings. The van der Waals surface area contributed by atoms with Crippen molar-refractivity contribution in [1.29, 1.82) is 0 Å². The standard InChI is InChI=1S/C69H122O6/c1-4-7-10-13-16-19-22-25-28-31-32-33-34-35-36-39-41-44-47-50-53-56-59-62-68(71)74-65-66(75-69(72)63-60-57-54-51-48-45-42-38-30-27-24-21-18-15-12-9-6-3)64-73-67(70)61-58-55-52-49-46-43-40-37-29-26-23-20-17-14-11-8-5-2/h9,12,18,21-22,25,27,30-32,42,45,66H,4-8,10-11,13-17,19-20,23-24,26,28-29,33-41,43-44,46-65H2,1-3H3/b12-9-,21-18-,25-22-,30-27-,32-31-,45-42-. The van der Waals surface area contributed by atoms with Crippen LogP contribution >= 0.6 is 0 Å². The van der Waals surface area contributed by atoms with E-state index in [0.29, 0.717) is 19.3 Å². The van der Waals surface area contributed by atoms with E-state index < -0.39 is 6.10 Å². The van der Waals surface area contributed by atoms with Gasteiger partial charge in [0.25, 0.3) is 0 Å². The molecule has 0 spiro atoms. The summed E-state index contributed by atoms with van der Waals surface area (Å²) in [7, 11) is 0. The fraction of sp³-hybridized carbons (Fsp3) is 0.783. The molecule has 6 heteroatoms. The second-order valence-electron chi connectivity index (χ2n) is 21.6. The lowest BCUT2D eigenvalue weighted by Crippen LogP contribution is -2.30. The number of allylic oxidation sites excluding steroid dienone is 12. The lowest BCUT2D eigenvalue weighted by Gasteiger charge is -2.18. The Morgan fingerprint density at radius 2 is 0.520 bits per heavy atom. The van der Waals surface area contributed by atoms with Gasteiger partial charge in [-0.1, -0.05) is 293 Å². The summed E-state index contributed by atoms with van der Waals surface area (Å²) in [6.45, 7) is 6.54. The maximum Gasteiger partial charge on any atom is 0.306 e. The molecule has 0 bridgehead atoms. The van der Waals surface area contributed by atoms with E-state index in [1.807, 2.05) is 0 Å². The summed E-state index contributed by atoms with van der Waals surface area (Å²) < 4.78 is 16.9. The van der Waals surface area contributed by atoms with Crippen LogP contribution in [-0.4, -0.2) is 37.2 Å². The molecular weight excluding hydrogens is 925 g/mol. The Morgan fingerprint density at radius 1 is 0.280 bits per heavy atom. The normalized spacial score (nSPS) is 12.5. The predicted octanol–water partition coefficient (Wildman–Crippen LogP) is 22.1. The molecule has 0 rings (SSSR count). The minimum Gasteiger partial charge on any atom is -0.462 e. The molecule has 0 aliphatic carbocycles. The van der Waals surface area contributed by atoms with Crippen LogP contribution in [-0.2, 0) is 28.6 Å². The van der Waals surface area contributed by atoms with Crippen molar-refractivity contribution in [2.75, 3.05) is 13.2 Å². The van der Waals surface area contributed by atoms with Crippen LogP contribution in [0.5, 0.6) is 0 Å². The average Bonchev–Trinajstić information content (AvgIpc) is 3.41. The highest BCUT2D eigenvalue weighted by molar-refractivity contribution is 5.71. The molecule has 0 heterocycles. The number of hydrogen-bond donors (Lipinski definition) is 0. The van der Waals surface area contributed by atoms with E-state index in [4.69, 9.17) is 14.2 Å². The Bertz CT molecular complexity index is 1390. The molecule has 0 aliphatic heterocycles. The lowest BCUT2D eigenvalue weighted by atomic mass is 10.0. The second kappa shape index (κ2) is 63.4. The van der Waals surface area contributed by atoms with Gasteiger partial charge in [-0.25, -0.2) is 0 Å². The Balaban J connectivity index is 4.36. The van der Waals surface area contributed by atoms with Crippen molar-refractivity contribution in [1.82, 2.24) is 0 Å². The van der Waals surface area contributed by atoms with E-state index in [1.54, 1.807) is 0 Å². The first-order valence-electron chi connectivity index (χ1n) is 32.4. The van der Waals surface area contributed by atoms with Crippen molar-refractivity contribution >= 4 is 17.9 Å². The molecule has 0 aromatic rings. The summed E-state index contributed by atoms with van der Waals surface area (Å²) in [6.07, 6.45) is 81.9. The van der Waals surface area contributed by atoms with Crippen LogP contribution in [0.25, 0.3) is 0 Å². The molecule has 0 N–H and O–H groups in total. The molecule has 0 radical (unpaired) electrons. The van der Waals surface area contributed by atoms with Gasteiger partial charge in [-0.15, -0.1) is 0 Å². The summed E-state index contributed by atoms with van der Waals surface area (Å²) in [5.74, 6) is -0.892. The van der Waals surface area contributed by atoms with E-state index in [0.717, 1.165) is 103 Å². The molecular formula is C69H122O6. The highest BCUT2D eigenvalue weighted by Crippen LogP contribution is 2.17. The van der Waals surface area contributed by atoms with Crippen LogP contribution in [0.2, 0.25) is 0 Å². The minimum atomic E-state index is -0.789. The van der Waals surface area contributed by atoms with Crippen LogP contribution < -0.4 is 0 Å². The van der Waals surface area contributed by atoms with Gasteiger partial charge in [0.05, 0.1) is 0 Å². The molecule has 0 saturated heterocycles. The molecule has 1 atom stereocenters. The maximum absolute atomic E-state index is 12.9. The molecule has 0 aromatic heterocycles. The molecule has 434 valence electrons. The van der Waals surface area contributed by atoms with Crippen LogP contribution in [0.4, 0.5) is 0 Å². The summed E-state index contributed by atoms with van der Waals surface area (Å²) >= 11 is 0. The van der Waals surface area contributed by atoms with Gasteiger partial charge >= 0.3 is 17.9 Å². The molecule has 75 heavy (non-hydrogen) atoms. The van der Waals surface area contributed by atoms with E-state index in [-0.39, 0.29) is 31.1 Å². The van der Waals surface area contributed by atoms with Gasteiger partial charge in [-0.3, -0.25) is 14.4 Å². The Morgan fingerprint density at radius 3 is 0.813 bits per heavy atom. The number of esters is 3. The molecule has 0 aliphatic rings. The maximum atomic E-state index is 12.9. The summed E-state index contributed by atoms with van der Waals surface area (Å²) in [6, 6.07) is 0. The first-order valence-corrected chi connectivity index (χ1v) is 32.4. The van der Waals surface area contributed by atoms with Crippen LogP contribution in [0, 0.1) is 0 Å². The number of hydrogen-bond acceptors (Lipinski definition) is 6. The van der Waals surface area contributed by atoms with Crippen molar-refractivity contribution in [3.63, 3.8) is 0 Å². The molecule has 0 saturated carbocycles. The third-order valence-electron chi connectivity index (χ3n) is 14.2. The van der Waals surface area contributed by atoms with Crippen LogP contribution in [0.1, 0.15) is 329 Å². The largest absolute Gasteiger partial charge is 0.462 e. The van der Waals surface area contributed by atoms with Crippen molar-refractivity contribution in [3.8, 4) is 0 Å². The minimum absolute atomic E-state index is 0.0829. The van der Waals surface area contributed by atoms with Gasteiger partial charge in [-0.05, 0) is 89.9 Å². The van der Waals surface area contributed by atoms with Crippen molar-refractivity contribution < 1.29 is 28.6 Å². The first kappa shape index (κ1) is 71.8. The van der Waals surface area contributed by atoms with E-state index in [9.17, 15) is 14.4 Å². The lowest BCUT2D eigenvalue weighted by molar-refractivity contribution is -0.167.